The normalized spacial score (nSPS) is 17.7. The highest BCUT2D eigenvalue weighted by Crippen LogP contribution is 2.24. The van der Waals surface area contributed by atoms with Crippen LogP contribution in [0.4, 0.5) is 14.5 Å². The molecule has 3 nitrogen and oxygen atoms in total. The molecule has 0 atom stereocenters. The summed E-state index contributed by atoms with van der Waals surface area (Å²) in [6.07, 6.45) is 7.55. The molecule has 1 N–H and O–H groups in total. The van der Waals surface area contributed by atoms with E-state index in [1.165, 1.54) is 50.7 Å². The molecule has 0 spiro atoms. The lowest BCUT2D eigenvalue weighted by atomic mass is 10.0. The van der Waals surface area contributed by atoms with Gasteiger partial charge in [-0.2, -0.15) is 8.78 Å². The monoisotopic (exact) mass is 317 g/mol. The zero-order valence-electron chi connectivity index (χ0n) is 11.9. The lowest BCUT2D eigenvalue weighted by molar-refractivity contribution is 0.234. The van der Waals surface area contributed by atoms with Crippen LogP contribution in [-0.4, -0.2) is 20.7 Å². The number of sulfone groups is 1. The largest absolute Gasteiger partial charge is 0.385 e. The maximum absolute atomic E-state index is 12.4. The second-order valence-electron chi connectivity index (χ2n) is 5.57. The van der Waals surface area contributed by atoms with E-state index in [2.05, 4.69) is 5.32 Å². The number of anilines is 1. The Hall–Kier alpha value is -1.17. The molecule has 0 aliphatic heterocycles. The highest BCUT2D eigenvalue weighted by Gasteiger charge is 2.26. The Labute approximate surface area is 124 Å². The van der Waals surface area contributed by atoms with Crippen LogP contribution in [0.25, 0.3) is 0 Å². The number of alkyl halides is 2. The number of hydrogen-bond donors (Lipinski definition) is 1. The number of halogens is 2. The van der Waals surface area contributed by atoms with Crippen LogP contribution in [-0.2, 0) is 9.84 Å². The molecule has 1 aromatic rings. The predicted octanol–water partition coefficient (Wildman–Crippen LogP) is 4.07. The zero-order chi connectivity index (χ0) is 15.3. The summed E-state index contributed by atoms with van der Waals surface area (Å²) in [5.74, 6) is -2.74. The third kappa shape index (κ3) is 4.40. The standard InChI is InChI=1S/C15H21F2NO2S/c16-15(17)21(19,20)14-9-7-13(8-10-14)18-11-12-5-3-1-2-4-6-12/h7-10,12,15,18H,1-6,11H2. The van der Waals surface area contributed by atoms with Crippen LogP contribution in [0.3, 0.4) is 0 Å². The van der Waals surface area contributed by atoms with Gasteiger partial charge in [-0.25, -0.2) is 8.42 Å². The minimum absolute atomic E-state index is 0.336. The van der Waals surface area contributed by atoms with Gasteiger partial charge in [0.1, 0.15) is 0 Å². The van der Waals surface area contributed by atoms with Gasteiger partial charge in [0.05, 0.1) is 4.90 Å². The molecule has 0 unspecified atom stereocenters. The summed E-state index contributed by atoms with van der Waals surface area (Å²) in [6.45, 7) is 0.848. The van der Waals surface area contributed by atoms with Crippen molar-refractivity contribution in [1.82, 2.24) is 0 Å². The topological polar surface area (TPSA) is 46.2 Å². The molecule has 0 aromatic heterocycles. The Kier molecular flexibility index (Phi) is 5.56. The van der Waals surface area contributed by atoms with Crippen molar-refractivity contribution >= 4 is 15.5 Å². The fourth-order valence-corrected chi connectivity index (χ4v) is 3.42. The number of hydrogen-bond acceptors (Lipinski definition) is 3. The highest BCUT2D eigenvalue weighted by atomic mass is 32.2. The summed E-state index contributed by atoms with van der Waals surface area (Å²) in [5, 5.41) is 3.27. The van der Waals surface area contributed by atoms with Crippen molar-refractivity contribution < 1.29 is 17.2 Å². The lowest BCUT2D eigenvalue weighted by Crippen LogP contribution is -2.14. The molecule has 0 amide bonds. The summed E-state index contributed by atoms with van der Waals surface area (Å²) in [5.41, 5.74) is 0.771. The first-order valence-electron chi connectivity index (χ1n) is 7.36. The number of nitrogens with one attached hydrogen (secondary N) is 1. The molecule has 1 fully saturated rings. The van der Waals surface area contributed by atoms with Gasteiger partial charge in [-0.05, 0) is 43.0 Å². The SMILES string of the molecule is O=S(=O)(c1ccc(NCC2CCCCCC2)cc1)C(F)F. The molecule has 0 saturated heterocycles. The van der Waals surface area contributed by atoms with E-state index in [-0.39, 0.29) is 4.90 Å². The second-order valence-corrected chi connectivity index (χ2v) is 7.49. The Balaban J connectivity index is 1.93. The van der Waals surface area contributed by atoms with Gasteiger partial charge in [-0.1, -0.05) is 25.7 Å². The van der Waals surface area contributed by atoms with Gasteiger partial charge in [0.2, 0.25) is 9.84 Å². The Morgan fingerprint density at radius 1 is 1.05 bits per heavy atom. The van der Waals surface area contributed by atoms with E-state index >= 15 is 0 Å². The smallest absolute Gasteiger partial charge is 0.341 e. The Morgan fingerprint density at radius 3 is 2.14 bits per heavy atom. The first-order valence-corrected chi connectivity index (χ1v) is 8.91. The molecule has 1 aliphatic rings. The average molecular weight is 317 g/mol. The highest BCUT2D eigenvalue weighted by molar-refractivity contribution is 7.91. The van der Waals surface area contributed by atoms with Crippen LogP contribution in [0, 0.1) is 5.92 Å². The van der Waals surface area contributed by atoms with Crippen molar-refractivity contribution in [3.05, 3.63) is 24.3 Å². The Bertz CT molecular complexity index is 535. The van der Waals surface area contributed by atoms with Crippen molar-refractivity contribution in [2.75, 3.05) is 11.9 Å². The van der Waals surface area contributed by atoms with Gasteiger partial charge < -0.3 is 5.32 Å². The minimum atomic E-state index is -4.50. The van der Waals surface area contributed by atoms with Gasteiger partial charge >= 0.3 is 5.76 Å². The van der Waals surface area contributed by atoms with Gasteiger partial charge in [0, 0.05) is 12.2 Å². The quantitative estimate of drug-likeness (QED) is 0.833. The summed E-state index contributed by atoms with van der Waals surface area (Å²) in [4.78, 5) is -0.336. The molecule has 21 heavy (non-hydrogen) atoms. The molecule has 0 heterocycles. The van der Waals surface area contributed by atoms with E-state index < -0.39 is 15.6 Å². The van der Waals surface area contributed by atoms with Crippen molar-refractivity contribution in [3.63, 3.8) is 0 Å². The van der Waals surface area contributed by atoms with Crippen molar-refractivity contribution in [3.8, 4) is 0 Å². The molecule has 0 bridgehead atoms. The third-order valence-electron chi connectivity index (χ3n) is 3.99. The first-order chi connectivity index (χ1) is 10.00. The molecule has 118 valence electrons. The molecular weight excluding hydrogens is 296 g/mol. The van der Waals surface area contributed by atoms with Gasteiger partial charge in [-0.15, -0.1) is 0 Å². The molecule has 6 heteroatoms. The van der Waals surface area contributed by atoms with Crippen LogP contribution in [0.1, 0.15) is 38.5 Å². The zero-order valence-corrected chi connectivity index (χ0v) is 12.7. The van der Waals surface area contributed by atoms with E-state index in [0.29, 0.717) is 5.92 Å². The fraction of sp³-hybridized carbons (Fsp3) is 0.600. The maximum atomic E-state index is 12.4. The minimum Gasteiger partial charge on any atom is -0.385 e. The van der Waals surface area contributed by atoms with Crippen molar-refractivity contribution in [2.45, 2.75) is 49.2 Å². The van der Waals surface area contributed by atoms with Crippen molar-refractivity contribution in [2.24, 2.45) is 5.92 Å². The Morgan fingerprint density at radius 2 is 1.62 bits per heavy atom. The van der Waals surface area contributed by atoms with E-state index in [1.807, 2.05) is 0 Å². The van der Waals surface area contributed by atoms with Crippen LogP contribution in [0.5, 0.6) is 0 Å². The lowest BCUT2D eigenvalue weighted by Gasteiger charge is -2.16. The van der Waals surface area contributed by atoms with E-state index in [9.17, 15) is 17.2 Å². The maximum Gasteiger partial charge on any atom is 0.341 e. The molecule has 1 aliphatic carbocycles. The molecule has 2 rings (SSSR count). The summed E-state index contributed by atoms with van der Waals surface area (Å²) in [6, 6.07) is 5.56. The van der Waals surface area contributed by atoms with Gasteiger partial charge in [0.15, 0.2) is 0 Å². The summed E-state index contributed by atoms with van der Waals surface area (Å²) in [7, 11) is -4.50. The van der Waals surface area contributed by atoms with Gasteiger partial charge in [0.25, 0.3) is 0 Å². The first kappa shape index (κ1) is 16.2. The number of rotatable bonds is 5. The molecule has 1 saturated carbocycles. The molecular formula is C15H21F2NO2S. The van der Waals surface area contributed by atoms with Crippen LogP contribution < -0.4 is 5.32 Å². The van der Waals surface area contributed by atoms with E-state index in [1.54, 1.807) is 12.1 Å². The van der Waals surface area contributed by atoms with E-state index in [4.69, 9.17) is 0 Å². The van der Waals surface area contributed by atoms with Crippen LogP contribution >= 0.6 is 0 Å². The summed E-state index contributed by atoms with van der Waals surface area (Å²) >= 11 is 0. The van der Waals surface area contributed by atoms with Crippen LogP contribution in [0.15, 0.2) is 29.2 Å². The molecule has 1 aromatic carbocycles. The average Bonchev–Trinajstić information content (AvgIpc) is 2.74. The van der Waals surface area contributed by atoms with Crippen molar-refractivity contribution in [1.29, 1.82) is 0 Å². The molecule has 0 radical (unpaired) electrons. The van der Waals surface area contributed by atoms with Crippen LogP contribution in [0.2, 0.25) is 0 Å². The third-order valence-corrected chi connectivity index (χ3v) is 5.39. The van der Waals surface area contributed by atoms with Gasteiger partial charge in [-0.3, -0.25) is 0 Å². The fourth-order valence-electron chi connectivity index (χ4n) is 2.70. The van der Waals surface area contributed by atoms with E-state index in [0.717, 1.165) is 12.2 Å². The second kappa shape index (κ2) is 7.20. The number of benzene rings is 1. The predicted molar refractivity (Wildman–Crippen MR) is 79.3 cm³/mol. The summed E-state index contributed by atoms with van der Waals surface area (Å²) < 4.78 is 47.5.